The second kappa shape index (κ2) is 4.05. The number of aldehydes is 1. The minimum absolute atomic E-state index is 0.663. The van der Waals surface area contributed by atoms with Gasteiger partial charge in [0.25, 0.3) is 0 Å². The Morgan fingerprint density at radius 3 is 2.93 bits per heavy atom. The fraction of sp³-hybridized carbons (Fsp3) is 0.462. The van der Waals surface area contributed by atoms with Gasteiger partial charge in [-0.2, -0.15) is 0 Å². The lowest BCUT2D eigenvalue weighted by Gasteiger charge is -2.21. The summed E-state index contributed by atoms with van der Waals surface area (Å²) in [5.41, 5.74) is 3.35. The van der Waals surface area contributed by atoms with Crippen molar-refractivity contribution in [3.05, 3.63) is 29.3 Å². The average Bonchev–Trinajstić information content (AvgIpc) is 2.61. The molecule has 0 aromatic heterocycles. The molecule has 1 aromatic carbocycles. The van der Waals surface area contributed by atoms with Gasteiger partial charge < -0.3 is 4.90 Å². The van der Waals surface area contributed by atoms with E-state index in [-0.39, 0.29) is 0 Å². The maximum Gasteiger partial charge on any atom is 0.150 e. The number of anilines is 1. The highest BCUT2D eigenvalue weighted by Gasteiger charge is 2.21. The second-order valence-electron chi connectivity index (χ2n) is 4.55. The minimum Gasteiger partial charge on any atom is -0.371 e. The summed E-state index contributed by atoms with van der Waals surface area (Å²) in [6, 6.07) is 6.00. The van der Waals surface area contributed by atoms with Gasteiger partial charge >= 0.3 is 0 Å². The number of fused-ring (bicyclic) bond motifs is 1. The van der Waals surface area contributed by atoms with Gasteiger partial charge in [-0.1, -0.05) is 26.0 Å². The van der Waals surface area contributed by atoms with Crippen molar-refractivity contribution in [1.29, 1.82) is 0 Å². The minimum atomic E-state index is 0.663. The predicted molar refractivity (Wildman–Crippen MR) is 62.6 cm³/mol. The van der Waals surface area contributed by atoms with Crippen LogP contribution < -0.4 is 4.90 Å². The van der Waals surface area contributed by atoms with Crippen LogP contribution in [0.2, 0.25) is 0 Å². The molecule has 2 heteroatoms. The van der Waals surface area contributed by atoms with E-state index in [1.54, 1.807) is 0 Å². The number of rotatable bonds is 3. The van der Waals surface area contributed by atoms with Crippen molar-refractivity contribution in [3.8, 4) is 0 Å². The molecule has 2 nitrogen and oxygen atoms in total. The van der Waals surface area contributed by atoms with Gasteiger partial charge in [0.2, 0.25) is 0 Å². The van der Waals surface area contributed by atoms with E-state index in [1.165, 1.54) is 11.3 Å². The molecule has 0 amide bonds. The third-order valence-corrected chi connectivity index (χ3v) is 2.87. The molecule has 0 aliphatic carbocycles. The molecule has 0 saturated heterocycles. The van der Waals surface area contributed by atoms with E-state index in [0.29, 0.717) is 5.92 Å². The standard InChI is InChI=1S/C13H17NO/c1-10(2)8-14-7-6-12-11(9-15)4-3-5-13(12)14/h3-5,9-10H,6-8H2,1-2H3. The Labute approximate surface area is 90.9 Å². The lowest BCUT2D eigenvalue weighted by molar-refractivity contribution is 0.112. The fourth-order valence-electron chi connectivity index (χ4n) is 2.27. The molecule has 0 radical (unpaired) electrons. The molecule has 0 N–H and O–H groups in total. The van der Waals surface area contributed by atoms with Crippen LogP contribution in [-0.4, -0.2) is 19.4 Å². The highest BCUT2D eigenvalue weighted by molar-refractivity contribution is 5.82. The molecule has 1 aromatic rings. The van der Waals surface area contributed by atoms with Crippen molar-refractivity contribution in [2.75, 3.05) is 18.0 Å². The van der Waals surface area contributed by atoms with E-state index in [2.05, 4.69) is 24.8 Å². The third kappa shape index (κ3) is 1.89. The maximum absolute atomic E-state index is 10.9. The highest BCUT2D eigenvalue weighted by atomic mass is 16.1. The SMILES string of the molecule is CC(C)CN1CCc2c(C=O)cccc21. The van der Waals surface area contributed by atoms with Gasteiger partial charge in [-0.15, -0.1) is 0 Å². The number of carbonyl (C=O) groups excluding carboxylic acids is 1. The van der Waals surface area contributed by atoms with E-state index in [9.17, 15) is 4.79 Å². The number of nitrogens with zero attached hydrogens (tertiary/aromatic N) is 1. The Morgan fingerprint density at radius 2 is 2.27 bits per heavy atom. The summed E-state index contributed by atoms with van der Waals surface area (Å²) in [7, 11) is 0. The first-order valence-corrected chi connectivity index (χ1v) is 5.54. The zero-order valence-corrected chi connectivity index (χ0v) is 9.36. The number of hydrogen-bond acceptors (Lipinski definition) is 2. The average molecular weight is 203 g/mol. The van der Waals surface area contributed by atoms with Crippen LogP contribution in [-0.2, 0) is 6.42 Å². The van der Waals surface area contributed by atoms with Gasteiger partial charge in [-0.05, 0) is 24.0 Å². The Kier molecular flexibility index (Phi) is 2.76. The van der Waals surface area contributed by atoms with Crippen LogP contribution in [0.4, 0.5) is 5.69 Å². The van der Waals surface area contributed by atoms with E-state index < -0.39 is 0 Å². The van der Waals surface area contributed by atoms with E-state index >= 15 is 0 Å². The first-order valence-electron chi connectivity index (χ1n) is 5.54. The smallest absolute Gasteiger partial charge is 0.150 e. The van der Waals surface area contributed by atoms with E-state index in [1.807, 2.05) is 12.1 Å². The molecule has 80 valence electrons. The first kappa shape index (κ1) is 10.2. The zero-order valence-electron chi connectivity index (χ0n) is 9.36. The summed E-state index contributed by atoms with van der Waals surface area (Å²) in [5, 5.41) is 0. The van der Waals surface area contributed by atoms with Crippen LogP contribution in [0.15, 0.2) is 18.2 Å². The van der Waals surface area contributed by atoms with Crippen LogP contribution in [0.5, 0.6) is 0 Å². The Bertz CT molecular complexity index is 371. The molecule has 15 heavy (non-hydrogen) atoms. The van der Waals surface area contributed by atoms with E-state index in [4.69, 9.17) is 0 Å². The molecule has 0 atom stereocenters. The summed E-state index contributed by atoms with van der Waals surface area (Å²) in [4.78, 5) is 13.3. The molecule has 1 heterocycles. The molecular weight excluding hydrogens is 186 g/mol. The van der Waals surface area contributed by atoms with Gasteiger partial charge in [-0.25, -0.2) is 0 Å². The highest BCUT2D eigenvalue weighted by Crippen LogP contribution is 2.30. The van der Waals surface area contributed by atoms with Crippen LogP contribution >= 0.6 is 0 Å². The maximum atomic E-state index is 10.9. The lowest BCUT2D eigenvalue weighted by atomic mass is 10.1. The summed E-state index contributed by atoms with van der Waals surface area (Å²) < 4.78 is 0. The number of benzene rings is 1. The van der Waals surface area contributed by atoms with Crippen LogP contribution in [0.1, 0.15) is 29.8 Å². The molecular formula is C13H17NO. The second-order valence-corrected chi connectivity index (χ2v) is 4.55. The summed E-state index contributed by atoms with van der Waals surface area (Å²) >= 11 is 0. The third-order valence-electron chi connectivity index (χ3n) is 2.87. The van der Waals surface area contributed by atoms with Crippen molar-refractivity contribution in [2.24, 2.45) is 5.92 Å². The monoisotopic (exact) mass is 203 g/mol. The van der Waals surface area contributed by atoms with Gasteiger partial charge in [0.05, 0.1) is 0 Å². The quantitative estimate of drug-likeness (QED) is 0.703. The van der Waals surface area contributed by atoms with Crippen LogP contribution in [0.25, 0.3) is 0 Å². The van der Waals surface area contributed by atoms with Crippen LogP contribution in [0, 0.1) is 5.92 Å². The van der Waals surface area contributed by atoms with Crippen molar-refractivity contribution in [2.45, 2.75) is 20.3 Å². The van der Waals surface area contributed by atoms with Gasteiger partial charge in [0.1, 0.15) is 6.29 Å². The molecule has 2 rings (SSSR count). The molecule has 0 unspecified atom stereocenters. The van der Waals surface area contributed by atoms with Crippen molar-refractivity contribution < 1.29 is 4.79 Å². The lowest BCUT2D eigenvalue weighted by Crippen LogP contribution is -2.25. The first-order chi connectivity index (χ1) is 7.22. The zero-order chi connectivity index (χ0) is 10.8. The van der Waals surface area contributed by atoms with Gasteiger partial charge in [0.15, 0.2) is 0 Å². The molecule has 1 aliphatic rings. The van der Waals surface area contributed by atoms with E-state index in [0.717, 1.165) is 31.4 Å². The number of carbonyl (C=O) groups is 1. The van der Waals surface area contributed by atoms with Crippen LogP contribution in [0.3, 0.4) is 0 Å². The Morgan fingerprint density at radius 1 is 1.47 bits per heavy atom. The molecule has 0 bridgehead atoms. The molecule has 0 fully saturated rings. The van der Waals surface area contributed by atoms with Crippen molar-refractivity contribution in [3.63, 3.8) is 0 Å². The van der Waals surface area contributed by atoms with Crippen molar-refractivity contribution in [1.82, 2.24) is 0 Å². The van der Waals surface area contributed by atoms with Crippen molar-refractivity contribution >= 4 is 12.0 Å². The topological polar surface area (TPSA) is 20.3 Å². The Balaban J connectivity index is 2.31. The fourth-order valence-corrected chi connectivity index (χ4v) is 2.27. The predicted octanol–water partition coefficient (Wildman–Crippen LogP) is 2.52. The summed E-state index contributed by atoms with van der Waals surface area (Å²) in [6.07, 6.45) is 1.98. The molecule has 0 spiro atoms. The largest absolute Gasteiger partial charge is 0.371 e. The number of hydrogen-bond donors (Lipinski definition) is 0. The normalized spacial score (nSPS) is 14.5. The van der Waals surface area contributed by atoms with Gasteiger partial charge in [0, 0.05) is 24.3 Å². The molecule has 1 aliphatic heterocycles. The summed E-state index contributed by atoms with van der Waals surface area (Å²) in [6.45, 7) is 6.58. The Hall–Kier alpha value is -1.31. The molecule has 0 saturated carbocycles. The van der Waals surface area contributed by atoms with Gasteiger partial charge in [-0.3, -0.25) is 4.79 Å². The summed E-state index contributed by atoms with van der Waals surface area (Å²) in [5.74, 6) is 0.663.